The molecule has 0 N–H and O–H groups in total. The van der Waals surface area contributed by atoms with E-state index in [0.29, 0.717) is 11.4 Å². The predicted molar refractivity (Wildman–Crippen MR) is 99.1 cm³/mol. The second kappa shape index (κ2) is 6.57. The van der Waals surface area contributed by atoms with Crippen molar-refractivity contribution < 1.29 is 9.53 Å². The van der Waals surface area contributed by atoms with Gasteiger partial charge in [0.15, 0.2) is 0 Å². The van der Waals surface area contributed by atoms with Crippen LogP contribution < -0.4 is 4.74 Å². The van der Waals surface area contributed by atoms with E-state index in [-0.39, 0.29) is 0 Å². The van der Waals surface area contributed by atoms with E-state index in [1.807, 2.05) is 66.7 Å². The van der Waals surface area contributed by atoms with Crippen molar-refractivity contribution in [3.8, 4) is 22.8 Å². The molecule has 4 rings (SSSR count). The van der Waals surface area contributed by atoms with Gasteiger partial charge in [-0.05, 0) is 23.1 Å². The minimum absolute atomic E-state index is 0.546. The Bertz CT molecular complexity index is 1020. The molecule has 0 aliphatic carbocycles. The number of aldehydes is 1. The summed E-state index contributed by atoms with van der Waals surface area (Å²) in [5.41, 5.74) is 2.60. The number of carbonyl (C=O) groups is 1. The van der Waals surface area contributed by atoms with Crippen molar-refractivity contribution in [1.29, 1.82) is 0 Å². The topological polar surface area (TPSA) is 39.2 Å². The number of hydrogen-bond acceptors (Lipinski definition) is 3. The van der Waals surface area contributed by atoms with E-state index in [2.05, 4.69) is 17.1 Å². The number of ether oxygens (including phenoxy) is 1. The van der Waals surface area contributed by atoms with Crippen LogP contribution in [0.4, 0.5) is 0 Å². The van der Waals surface area contributed by atoms with Crippen LogP contribution in [0.3, 0.4) is 0 Å². The standard InChI is InChI=1S/C22H15NO2/c24-15-16-8-10-18(11-9-16)20-13-12-17-5-1-2-6-19(17)22(20)25-21-7-3-4-14-23-21/h1-15H. The predicted octanol–water partition coefficient (Wildman–Crippen LogP) is 5.51. The maximum atomic E-state index is 10.9. The van der Waals surface area contributed by atoms with E-state index in [4.69, 9.17) is 4.74 Å². The lowest BCUT2D eigenvalue weighted by atomic mass is 9.99. The van der Waals surface area contributed by atoms with Crippen LogP contribution in [0.5, 0.6) is 11.6 Å². The highest BCUT2D eigenvalue weighted by Gasteiger charge is 2.12. The van der Waals surface area contributed by atoms with Gasteiger partial charge in [-0.15, -0.1) is 0 Å². The van der Waals surface area contributed by atoms with Crippen LogP contribution in [-0.4, -0.2) is 11.3 Å². The van der Waals surface area contributed by atoms with Crippen LogP contribution in [0.15, 0.2) is 85.1 Å². The van der Waals surface area contributed by atoms with Gasteiger partial charge in [-0.25, -0.2) is 4.98 Å². The van der Waals surface area contributed by atoms with Crippen LogP contribution >= 0.6 is 0 Å². The Hall–Kier alpha value is -3.46. The zero-order valence-electron chi connectivity index (χ0n) is 13.4. The Kier molecular flexibility index (Phi) is 3.97. The summed E-state index contributed by atoms with van der Waals surface area (Å²) in [6.07, 6.45) is 2.55. The molecule has 0 saturated heterocycles. The SMILES string of the molecule is O=Cc1ccc(-c2ccc3ccccc3c2Oc2ccccn2)cc1. The molecule has 0 radical (unpaired) electrons. The Labute approximate surface area is 145 Å². The molecule has 0 fully saturated rings. The summed E-state index contributed by atoms with van der Waals surface area (Å²) >= 11 is 0. The first-order chi connectivity index (χ1) is 12.3. The van der Waals surface area contributed by atoms with Crippen molar-refractivity contribution in [3.05, 3.63) is 90.6 Å². The molecule has 4 aromatic rings. The van der Waals surface area contributed by atoms with E-state index in [1.165, 1.54) is 0 Å². The molecule has 0 aliphatic rings. The highest BCUT2D eigenvalue weighted by Crippen LogP contribution is 2.39. The first-order valence-corrected chi connectivity index (χ1v) is 8.01. The lowest BCUT2D eigenvalue weighted by Crippen LogP contribution is -1.92. The minimum Gasteiger partial charge on any atom is -0.438 e. The molecule has 3 nitrogen and oxygen atoms in total. The third-order valence-electron chi connectivity index (χ3n) is 4.08. The third kappa shape index (κ3) is 3.00. The molecule has 0 aliphatic heterocycles. The lowest BCUT2D eigenvalue weighted by molar-refractivity contribution is 0.112. The average Bonchev–Trinajstić information content (AvgIpc) is 2.69. The van der Waals surface area contributed by atoms with Gasteiger partial charge in [0.2, 0.25) is 5.88 Å². The van der Waals surface area contributed by atoms with Crippen molar-refractivity contribution in [2.75, 3.05) is 0 Å². The highest BCUT2D eigenvalue weighted by atomic mass is 16.5. The molecule has 1 aromatic heterocycles. The lowest BCUT2D eigenvalue weighted by Gasteiger charge is -2.14. The zero-order valence-corrected chi connectivity index (χ0v) is 13.4. The Balaban J connectivity index is 1.90. The maximum absolute atomic E-state index is 10.9. The minimum atomic E-state index is 0.546. The Morgan fingerprint density at radius 1 is 0.800 bits per heavy atom. The summed E-state index contributed by atoms with van der Waals surface area (Å²) in [6, 6.07) is 25.3. The van der Waals surface area contributed by atoms with Gasteiger partial charge in [0, 0.05) is 28.8 Å². The summed E-state index contributed by atoms with van der Waals surface area (Å²) < 4.78 is 6.15. The fourth-order valence-corrected chi connectivity index (χ4v) is 2.83. The normalized spacial score (nSPS) is 10.6. The van der Waals surface area contributed by atoms with E-state index in [9.17, 15) is 4.79 Å². The fourth-order valence-electron chi connectivity index (χ4n) is 2.83. The number of hydrogen-bond donors (Lipinski definition) is 0. The molecule has 120 valence electrons. The Morgan fingerprint density at radius 2 is 1.60 bits per heavy atom. The molecular weight excluding hydrogens is 310 g/mol. The molecule has 0 atom stereocenters. The summed E-state index contributed by atoms with van der Waals surface area (Å²) in [7, 11) is 0. The van der Waals surface area contributed by atoms with E-state index < -0.39 is 0 Å². The van der Waals surface area contributed by atoms with Gasteiger partial charge in [-0.1, -0.05) is 60.7 Å². The van der Waals surface area contributed by atoms with Gasteiger partial charge in [-0.3, -0.25) is 4.79 Å². The maximum Gasteiger partial charge on any atom is 0.219 e. The van der Waals surface area contributed by atoms with Crippen molar-refractivity contribution in [1.82, 2.24) is 4.98 Å². The van der Waals surface area contributed by atoms with E-state index in [0.717, 1.165) is 33.9 Å². The number of fused-ring (bicyclic) bond motifs is 1. The van der Waals surface area contributed by atoms with Crippen LogP contribution in [0.1, 0.15) is 10.4 Å². The van der Waals surface area contributed by atoms with Crippen molar-refractivity contribution in [3.63, 3.8) is 0 Å². The summed E-state index contributed by atoms with van der Waals surface area (Å²) in [5, 5.41) is 2.12. The molecule has 0 amide bonds. The number of benzene rings is 3. The largest absolute Gasteiger partial charge is 0.438 e. The second-order valence-corrected chi connectivity index (χ2v) is 5.67. The van der Waals surface area contributed by atoms with Crippen LogP contribution in [0.25, 0.3) is 21.9 Å². The monoisotopic (exact) mass is 325 g/mol. The quantitative estimate of drug-likeness (QED) is 0.465. The van der Waals surface area contributed by atoms with Crippen LogP contribution in [0.2, 0.25) is 0 Å². The molecule has 0 unspecified atom stereocenters. The van der Waals surface area contributed by atoms with Crippen LogP contribution in [0, 0.1) is 0 Å². The van der Waals surface area contributed by atoms with Gasteiger partial charge in [0.1, 0.15) is 12.0 Å². The molecular formula is C22H15NO2. The summed E-state index contributed by atoms with van der Waals surface area (Å²) in [5.74, 6) is 1.31. The smallest absolute Gasteiger partial charge is 0.219 e. The molecule has 0 saturated carbocycles. The van der Waals surface area contributed by atoms with E-state index >= 15 is 0 Å². The third-order valence-corrected chi connectivity index (χ3v) is 4.08. The number of rotatable bonds is 4. The van der Waals surface area contributed by atoms with Gasteiger partial charge in [0.05, 0.1) is 0 Å². The number of nitrogens with zero attached hydrogens (tertiary/aromatic N) is 1. The molecule has 3 heteroatoms. The van der Waals surface area contributed by atoms with Crippen LogP contribution in [-0.2, 0) is 0 Å². The fraction of sp³-hybridized carbons (Fsp3) is 0. The second-order valence-electron chi connectivity index (χ2n) is 5.67. The zero-order chi connectivity index (χ0) is 17.1. The van der Waals surface area contributed by atoms with Crippen molar-refractivity contribution in [2.24, 2.45) is 0 Å². The molecule has 25 heavy (non-hydrogen) atoms. The first-order valence-electron chi connectivity index (χ1n) is 8.01. The molecule has 3 aromatic carbocycles. The van der Waals surface area contributed by atoms with Gasteiger partial charge < -0.3 is 4.74 Å². The summed E-state index contributed by atoms with van der Waals surface area (Å²) in [6.45, 7) is 0. The number of pyridine rings is 1. The average molecular weight is 325 g/mol. The molecule has 0 bridgehead atoms. The Morgan fingerprint density at radius 3 is 2.36 bits per heavy atom. The molecule has 1 heterocycles. The summed E-state index contributed by atoms with van der Waals surface area (Å²) in [4.78, 5) is 15.2. The van der Waals surface area contributed by atoms with Gasteiger partial charge in [0.25, 0.3) is 0 Å². The number of carbonyl (C=O) groups excluding carboxylic acids is 1. The van der Waals surface area contributed by atoms with Gasteiger partial charge >= 0.3 is 0 Å². The first kappa shape index (κ1) is 15.1. The highest BCUT2D eigenvalue weighted by molar-refractivity contribution is 5.95. The molecule has 0 spiro atoms. The van der Waals surface area contributed by atoms with Crippen molar-refractivity contribution in [2.45, 2.75) is 0 Å². The number of aromatic nitrogens is 1. The van der Waals surface area contributed by atoms with Gasteiger partial charge in [-0.2, -0.15) is 0 Å². The van der Waals surface area contributed by atoms with Crippen molar-refractivity contribution >= 4 is 17.1 Å². The van der Waals surface area contributed by atoms with E-state index in [1.54, 1.807) is 6.20 Å².